The van der Waals surface area contributed by atoms with Crippen LogP contribution < -0.4 is 10.6 Å². The minimum Gasteiger partial charge on any atom is -0.394 e. The Morgan fingerprint density at radius 3 is 2.53 bits per heavy atom. The number of amides is 3. The fourth-order valence-corrected chi connectivity index (χ4v) is 6.56. The summed E-state index contributed by atoms with van der Waals surface area (Å²) in [6.07, 6.45) is 6.99. The largest absolute Gasteiger partial charge is 0.394 e. The summed E-state index contributed by atoms with van der Waals surface area (Å²) in [5, 5.41) is 16.3. The number of rotatable bonds is 8. The van der Waals surface area contributed by atoms with Crippen molar-refractivity contribution in [2.75, 3.05) is 13.2 Å². The predicted molar refractivity (Wildman–Crippen MR) is 118 cm³/mol. The lowest BCUT2D eigenvalue weighted by Crippen LogP contribution is -2.60. The smallest absolute Gasteiger partial charge is 0.246 e. The van der Waals surface area contributed by atoms with E-state index in [0.29, 0.717) is 19.4 Å². The van der Waals surface area contributed by atoms with Gasteiger partial charge in [0, 0.05) is 12.6 Å². The summed E-state index contributed by atoms with van der Waals surface area (Å²) in [5.41, 5.74) is -0.989. The van der Waals surface area contributed by atoms with Crippen LogP contribution in [0.5, 0.6) is 0 Å². The van der Waals surface area contributed by atoms with Gasteiger partial charge in [0.1, 0.15) is 11.6 Å². The van der Waals surface area contributed by atoms with Gasteiger partial charge in [-0.05, 0) is 38.0 Å². The third-order valence-electron chi connectivity index (χ3n) is 8.10. The van der Waals surface area contributed by atoms with Gasteiger partial charge in [0.15, 0.2) is 0 Å². The highest BCUT2D eigenvalue weighted by Gasteiger charge is 2.75. The number of hydrogen-bond donors (Lipinski definition) is 3. The molecule has 8 heteroatoms. The van der Waals surface area contributed by atoms with Gasteiger partial charge >= 0.3 is 0 Å². The summed E-state index contributed by atoms with van der Waals surface area (Å²) < 4.78 is 6.43. The van der Waals surface area contributed by atoms with E-state index in [1.165, 1.54) is 6.42 Å². The second kappa shape index (κ2) is 9.29. The van der Waals surface area contributed by atoms with Crippen molar-refractivity contribution in [3.8, 4) is 0 Å². The number of ether oxygens (including phenoxy) is 1. The first-order chi connectivity index (χ1) is 15.4. The summed E-state index contributed by atoms with van der Waals surface area (Å²) in [4.78, 5) is 42.2. The highest BCUT2D eigenvalue weighted by Crippen LogP contribution is 2.59. The molecule has 0 radical (unpaired) electrons. The molecule has 0 aromatic carbocycles. The van der Waals surface area contributed by atoms with Crippen LogP contribution in [0.1, 0.15) is 72.1 Å². The maximum absolute atomic E-state index is 13.8. The summed E-state index contributed by atoms with van der Waals surface area (Å²) in [5.74, 6) is -1.86. The van der Waals surface area contributed by atoms with E-state index in [-0.39, 0.29) is 42.4 Å². The first-order valence-corrected chi connectivity index (χ1v) is 12.5. The van der Waals surface area contributed by atoms with E-state index < -0.39 is 29.5 Å². The van der Waals surface area contributed by atoms with Crippen LogP contribution in [-0.2, 0) is 19.1 Å². The second-order valence-corrected chi connectivity index (χ2v) is 10.4. The number of fused-ring (bicyclic) bond motifs is 1. The third kappa shape index (κ3) is 3.73. The Morgan fingerprint density at radius 1 is 1.19 bits per heavy atom. The number of hydrogen-bond acceptors (Lipinski definition) is 5. The van der Waals surface area contributed by atoms with Crippen molar-refractivity contribution < 1.29 is 24.2 Å². The number of aliphatic hydroxyl groups excluding tert-OH is 1. The van der Waals surface area contributed by atoms with Crippen molar-refractivity contribution in [1.82, 2.24) is 15.5 Å². The number of nitrogens with one attached hydrogen (secondary N) is 2. The van der Waals surface area contributed by atoms with Crippen LogP contribution in [0.15, 0.2) is 0 Å². The van der Waals surface area contributed by atoms with E-state index in [1.807, 2.05) is 20.8 Å². The molecule has 0 aromatic heterocycles. The van der Waals surface area contributed by atoms with Crippen molar-refractivity contribution in [3.63, 3.8) is 0 Å². The molecule has 1 aliphatic carbocycles. The predicted octanol–water partition coefficient (Wildman–Crippen LogP) is 1.35. The normalized spacial score (nSPS) is 35.3. The molecule has 4 rings (SSSR count). The number of nitrogens with zero attached hydrogens (tertiary/aromatic N) is 1. The number of carbonyl (C=O) groups excluding carboxylic acids is 3. The minimum atomic E-state index is -0.989. The van der Waals surface area contributed by atoms with Crippen molar-refractivity contribution in [3.05, 3.63) is 0 Å². The highest BCUT2D eigenvalue weighted by atomic mass is 16.5. The first kappa shape index (κ1) is 23.5. The standard InChI is InChI=1S/C24H39N3O5/c1-4-12-25-21(29)18-17-10-11-24(32-17)19(18)23(31)27(16(13-28)14(2)3)20(24)22(30)26-15-8-6-5-7-9-15/h14-20,28H,4-13H2,1-3H3,(H,25,29)(H,26,30)/t16-,17-,18+,19-,20?,24?/m0/s1. The van der Waals surface area contributed by atoms with E-state index in [2.05, 4.69) is 10.6 Å². The van der Waals surface area contributed by atoms with E-state index in [9.17, 15) is 19.5 Å². The Labute approximate surface area is 190 Å². The fourth-order valence-electron chi connectivity index (χ4n) is 6.56. The molecule has 8 nitrogen and oxygen atoms in total. The topological polar surface area (TPSA) is 108 Å². The van der Waals surface area contributed by atoms with Gasteiger partial charge in [0.2, 0.25) is 17.7 Å². The summed E-state index contributed by atoms with van der Waals surface area (Å²) in [6, 6.07) is -1.19. The SMILES string of the molecule is CCCNC(=O)[C@@H]1[C@@H]2CCC3(O2)C(C(=O)NC2CCCCC2)N([C@@H](CO)C(C)C)C(=O)[C@H]13. The monoisotopic (exact) mass is 449 g/mol. The lowest BCUT2D eigenvalue weighted by atomic mass is 9.70. The summed E-state index contributed by atoms with van der Waals surface area (Å²) >= 11 is 0. The van der Waals surface area contributed by atoms with E-state index >= 15 is 0 Å². The number of carbonyl (C=O) groups is 3. The molecule has 32 heavy (non-hydrogen) atoms. The van der Waals surface area contributed by atoms with Gasteiger partial charge in [0.05, 0.1) is 30.6 Å². The van der Waals surface area contributed by atoms with Gasteiger partial charge in [-0.25, -0.2) is 0 Å². The maximum Gasteiger partial charge on any atom is 0.246 e. The van der Waals surface area contributed by atoms with Crippen LogP contribution in [-0.4, -0.2) is 70.7 Å². The third-order valence-corrected chi connectivity index (χ3v) is 8.10. The summed E-state index contributed by atoms with van der Waals surface area (Å²) in [6.45, 7) is 6.20. The zero-order valence-electron chi connectivity index (χ0n) is 19.6. The van der Waals surface area contributed by atoms with E-state index in [1.54, 1.807) is 4.90 Å². The fraction of sp³-hybridized carbons (Fsp3) is 0.875. The van der Waals surface area contributed by atoms with Crippen LogP contribution in [0.2, 0.25) is 0 Å². The molecule has 0 aromatic rings. The molecule has 4 fully saturated rings. The molecule has 180 valence electrons. The maximum atomic E-state index is 13.8. The second-order valence-electron chi connectivity index (χ2n) is 10.4. The zero-order chi connectivity index (χ0) is 23.0. The van der Waals surface area contributed by atoms with Gasteiger partial charge < -0.3 is 25.4 Å². The molecule has 1 saturated carbocycles. The van der Waals surface area contributed by atoms with Crippen LogP contribution in [0.25, 0.3) is 0 Å². The minimum absolute atomic E-state index is 0.0336. The zero-order valence-corrected chi connectivity index (χ0v) is 19.6. The molecule has 3 saturated heterocycles. The van der Waals surface area contributed by atoms with Crippen LogP contribution in [0.3, 0.4) is 0 Å². The molecule has 4 aliphatic rings. The van der Waals surface area contributed by atoms with E-state index in [4.69, 9.17) is 4.74 Å². The van der Waals surface area contributed by atoms with Crippen LogP contribution in [0, 0.1) is 17.8 Å². The first-order valence-electron chi connectivity index (χ1n) is 12.5. The molecule has 6 atom stereocenters. The molecule has 1 spiro atoms. The Kier molecular flexibility index (Phi) is 6.82. The number of likely N-dealkylation sites (tertiary alicyclic amines) is 1. The molecule has 2 bridgehead atoms. The highest BCUT2D eigenvalue weighted by molar-refractivity contribution is 5.99. The molecule has 3 heterocycles. The van der Waals surface area contributed by atoms with Crippen LogP contribution >= 0.6 is 0 Å². The van der Waals surface area contributed by atoms with Gasteiger partial charge in [-0.1, -0.05) is 40.0 Å². The van der Waals surface area contributed by atoms with Crippen molar-refractivity contribution >= 4 is 17.7 Å². The quantitative estimate of drug-likeness (QED) is 0.519. The average Bonchev–Trinajstić information content (AvgIpc) is 3.41. The molecular weight excluding hydrogens is 410 g/mol. The Bertz CT molecular complexity index is 737. The van der Waals surface area contributed by atoms with Crippen molar-refractivity contribution in [2.45, 2.75) is 102 Å². The number of aliphatic hydroxyl groups is 1. The Balaban J connectivity index is 1.68. The van der Waals surface area contributed by atoms with Crippen molar-refractivity contribution in [2.24, 2.45) is 17.8 Å². The lowest BCUT2D eigenvalue weighted by Gasteiger charge is -2.39. The average molecular weight is 450 g/mol. The van der Waals surface area contributed by atoms with Gasteiger partial charge in [-0.2, -0.15) is 0 Å². The lowest BCUT2D eigenvalue weighted by molar-refractivity contribution is -0.147. The van der Waals surface area contributed by atoms with Gasteiger partial charge in [-0.3, -0.25) is 14.4 Å². The van der Waals surface area contributed by atoms with Gasteiger partial charge in [0.25, 0.3) is 0 Å². The van der Waals surface area contributed by atoms with Gasteiger partial charge in [-0.15, -0.1) is 0 Å². The molecule has 2 unspecified atom stereocenters. The van der Waals surface area contributed by atoms with E-state index in [0.717, 1.165) is 32.1 Å². The molecule has 3 amide bonds. The Morgan fingerprint density at radius 2 is 1.91 bits per heavy atom. The molecule has 3 N–H and O–H groups in total. The molecular formula is C24H39N3O5. The Hall–Kier alpha value is -1.67. The summed E-state index contributed by atoms with van der Waals surface area (Å²) in [7, 11) is 0. The molecule has 3 aliphatic heterocycles. The van der Waals surface area contributed by atoms with Crippen LogP contribution in [0.4, 0.5) is 0 Å². The van der Waals surface area contributed by atoms with Crippen molar-refractivity contribution in [1.29, 1.82) is 0 Å².